The Morgan fingerprint density at radius 1 is 1.24 bits per heavy atom. The number of carbonyl (C=O) groups excluding carboxylic acids is 1. The molecular weight excluding hydrogens is 240 g/mol. The van der Waals surface area contributed by atoms with Gasteiger partial charge in [-0.2, -0.15) is 0 Å². The molecule has 1 fully saturated rings. The lowest BCUT2D eigenvalue weighted by atomic mass is 9.81. The van der Waals surface area contributed by atoms with Crippen molar-refractivity contribution in [2.45, 2.75) is 44.9 Å². The van der Waals surface area contributed by atoms with E-state index in [-0.39, 0.29) is 17.1 Å². The summed E-state index contributed by atoms with van der Waals surface area (Å²) in [5.41, 5.74) is -0.327. The van der Waals surface area contributed by atoms with Gasteiger partial charge in [0.15, 0.2) is 0 Å². The van der Waals surface area contributed by atoms with Crippen molar-refractivity contribution in [2.75, 3.05) is 19.1 Å². The summed E-state index contributed by atoms with van der Waals surface area (Å²) in [4.78, 5) is 11.8. The zero-order valence-electron chi connectivity index (χ0n) is 10.7. The molecule has 0 aromatic carbocycles. The fourth-order valence-corrected chi connectivity index (χ4v) is 3.38. The Morgan fingerprint density at radius 3 is 2.29 bits per heavy atom. The van der Waals surface area contributed by atoms with Crippen LogP contribution in [0.5, 0.6) is 0 Å². The molecule has 0 aromatic rings. The quantitative estimate of drug-likeness (QED) is 0.542. The van der Waals surface area contributed by atoms with E-state index >= 15 is 0 Å². The fourth-order valence-electron chi connectivity index (χ4n) is 2.65. The summed E-state index contributed by atoms with van der Waals surface area (Å²) in [6.07, 6.45) is 7.34. The van der Waals surface area contributed by atoms with Crippen molar-refractivity contribution in [1.82, 2.24) is 0 Å². The minimum Gasteiger partial charge on any atom is -0.469 e. The van der Waals surface area contributed by atoms with Crippen LogP contribution < -0.4 is 0 Å². The van der Waals surface area contributed by atoms with E-state index in [0.717, 1.165) is 38.5 Å². The highest BCUT2D eigenvalue weighted by Crippen LogP contribution is 2.43. The molecule has 100 valence electrons. The van der Waals surface area contributed by atoms with Crippen molar-refractivity contribution >= 4 is 15.8 Å². The SMILES string of the molecule is COC(=O)C1(CCCCS(C)(=O)=O)CCCC1. The molecule has 0 saturated heterocycles. The van der Waals surface area contributed by atoms with Gasteiger partial charge in [0.1, 0.15) is 9.84 Å². The van der Waals surface area contributed by atoms with Crippen molar-refractivity contribution in [3.8, 4) is 0 Å². The molecule has 1 rings (SSSR count). The maximum atomic E-state index is 11.8. The number of unbranched alkanes of at least 4 members (excludes halogenated alkanes) is 1. The molecule has 4 nitrogen and oxygen atoms in total. The lowest BCUT2D eigenvalue weighted by Crippen LogP contribution is -2.29. The molecule has 17 heavy (non-hydrogen) atoms. The summed E-state index contributed by atoms with van der Waals surface area (Å²) >= 11 is 0. The van der Waals surface area contributed by atoms with E-state index in [0.29, 0.717) is 6.42 Å². The molecule has 0 unspecified atom stereocenters. The van der Waals surface area contributed by atoms with E-state index in [1.807, 2.05) is 0 Å². The Bertz CT molecular complexity index is 353. The molecule has 0 amide bonds. The van der Waals surface area contributed by atoms with Gasteiger partial charge in [0.05, 0.1) is 12.5 Å². The number of ether oxygens (including phenoxy) is 1. The number of carbonyl (C=O) groups is 1. The number of sulfone groups is 1. The average molecular weight is 262 g/mol. The molecule has 0 heterocycles. The smallest absolute Gasteiger partial charge is 0.311 e. The number of rotatable bonds is 6. The van der Waals surface area contributed by atoms with Crippen LogP contribution in [0.1, 0.15) is 44.9 Å². The van der Waals surface area contributed by atoms with Gasteiger partial charge in [-0.05, 0) is 25.7 Å². The third-order valence-corrected chi connectivity index (χ3v) is 4.63. The van der Waals surface area contributed by atoms with E-state index in [9.17, 15) is 13.2 Å². The van der Waals surface area contributed by atoms with Crippen molar-refractivity contribution < 1.29 is 17.9 Å². The van der Waals surface area contributed by atoms with Crippen LogP contribution in [0, 0.1) is 5.41 Å². The Kier molecular flexibility index (Phi) is 4.98. The van der Waals surface area contributed by atoms with E-state index in [2.05, 4.69) is 0 Å². The predicted octanol–water partition coefficient (Wildman–Crippen LogP) is 1.93. The first-order valence-electron chi connectivity index (χ1n) is 6.16. The molecule has 0 N–H and O–H groups in total. The molecule has 0 bridgehead atoms. The van der Waals surface area contributed by atoms with Gasteiger partial charge >= 0.3 is 5.97 Å². The van der Waals surface area contributed by atoms with Gasteiger partial charge in [0.2, 0.25) is 0 Å². The molecule has 0 aromatic heterocycles. The lowest BCUT2D eigenvalue weighted by Gasteiger charge is -2.25. The van der Waals surface area contributed by atoms with E-state index < -0.39 is 9.84 Å². The monoisotopic (exact) mass is 262 g/mol. The first-order valence-corrected chi connectivity index (χ1v) is 8.22. The Labute approximate surface area is 104 Å². The predicted molar refractivity (Wildman–Crippen MR) is 66.5 cm³/mol. The lowest BCUT2D eigenvalue weighted by molar-refractivity contribution is -0.153. The topological polar surface area (TPSA) is 60.4 Å². The maximum absolute atomic E-state index is 11.8. The Hall–Kier alpha value is -0.580. The molecule has 1 aliphatic rings. The van der Waals surface area contributed by atoms with Gasteiger partial charge in [0, 0.05) is 12.0 Å². The molecular formula is C12H22O4S. The minimum atomic E-state index is -2.88. The van der Waals surface area contributed by atoms with Gasteiger partial charge in [-0.15, -0.1) is 0 Å². The fraction of sp³-hybridized carbons (Fsp3) is 0.917. The Balaban J connectivity index is 2.43. The van der Waals surface area contributed by atoms with Crippen LogP contribution in [0.25, 0.3) is 0 Å². The van der Waals surface area contributed by atoms with Gasteiger partial charge in [-0.1, -0.05) is 19.3 Å². The maximum Gasteiger partial charge on any atom is 0.311 e. The van der Waals surface area contributed by atoms with Crippen LogP contribution in [0.4, 0.5) is 0 Å². The van der Waals surface area contributed by atoms with Crippen LogP contribution in [-0.4, -0.2) is 33.5 Å². The van der Waals surface area contributed by atoms with Crippen molar-refractivity contribution in [3.05, 3.63) is 0 Å². The van der Waals surface area contributed by atoms with Crippen LogP contribution >= 0.6 is 0 Å². The first kappa shape index (κ1) is 14.5. The second-order valence-electron chi connectivity index (χ2n) is 5.07. The number of esters is 1. The molecule has 5 heteroatoms. The molecule has 0 spiro atoms. The Morgan fingerprint density at radius 2 is 1.82 bits per heavy atom. The van der Waals surface area contributed by atoms with Crippen LogP contribution in [0.2, 0.25) is 0 Å². The number of hydrogen-bond donors (Lipinski definition) is 0. The van der Waals surface area contributed by atoms with Gasteiger partial charge < -0.3 is 4.74 Å². The van der Waals surface area contributed by atoms with Crippen molar-refractivity contribution in [1.29, 1.82) is 0 Å². The van der Waals surface area contributed by atoms with Gasteiger partial charge in [0.25, 0.3) is 0 Å². The highest BCUT2D eigenvalue weighted by atomic mass is 32.2. The number of methoxy groups -OCH3 is 1. The molecule has 1 saturated carbocycles. The van der Waals surface area contributed by atoms with Crippen LogP contribution in [0.3, 0.4) is 0 Å². The molecule has 0 aliphatic heterocycles. The molecule has 0 atom stereocenters. The summed E-state index contributed by atoms with van der Waals surface area (Å²) < 4.78 is 26.9. The molecule has 1 aliphatic carbocycles. The summed E-state index contributed by atoms with van der Waals surface area (Å²) in [5.74, 6) is 0.0962. The van der Waals surface area contributed by atoms with E-state index in [4.69, 9.17) is 4.74 Å². The summed E-state index contributed by atoms with van der Waals surface area (Å²) in [6, 6.07) is 0. The zero-order valence-corrected chi connectivity index (χ0v) is 11.5. The second kappa shape index (κ2) is 5.85. The highest BCUT2D eigenvalue weighted by Gasteiger charge is 2.41. The van der Waals surface area contributed by atoms with E-state index in [1.165, 1.54) is 13.4 Å². The largest absolute Gasteiger partial charge is 0.469 e. The summed E-state index contributed by atoms with van der Waals surface area (Å²) in [6.45, 7) is 0. The minimum absolute atomic E-state index is 0.116. The third-order valence-electron chi connectivity index (χ3n) is 3.60. The average Bonchev–Trinajstić information content (AvgIpc) is 2.72. The van der Waals surface area contributed by atoms with Crippen molar-refractivity contribution in [2.24, 2.45) is 5.41 Å². The highest BCUT2D eigenvalue weighted by molar-refractivity contribution is 7.90. The van der Waals surface area contributed by atoms with Crippen LogP contribution in [0.15, 0.2) is 0 Å². The third kappa shape index (κ3) is 4.30. The van der Waals surface area contributed by atoms with E-state index in [1.54, 1.807) is 0 Å². The normalized spacial score (nSPS) is 19.2. The molecule has 0 radical (unpaired) electrons. The standard InChI is InChI=1S/C12H22O4S/c1-16-11(13)12(7-3-4-8-12)9-5-6-10-17(2,14)15/h3-10H2,1-2H3. The van der Waals surface area contributed by atoms with Gasteiger partial charge in [-0.25, -0.2) is 8.42 Å². The summed E-state index contributed by atoms with van der Waals surface area (Å²) in [5, 5.41) is 0. The van der Waals surface area contributed by atoms with Crippen LogP contribution in [-0.2, 0) is 19.4 Å². The first-order chi connectivity index (χ1) is 7.90. The number of hydrogen-bond acceptors (Lipinski definition) is 4. The van der Waals surface area contributed by atoms with Gasteiger partial charge in [-0.3, -0.25) is 4.79 Å². The second-order valence-corrected chi connectivity index (χ2v) is 7.33. The van der Waals surface area contributed by atoms with Crippen molar-refractivity contribution in [3.63, 3.8) is 0 Å². The zero-order chi connectivity index (χ0) is 12.9. The summed E-state index contributed by atoms with van der Waals surface area (Å²) in [7, 11) is -1.45.